The van der Waals surface area contributed by atoms with Crippen LogP contribution in [0.5, 0.6) is 0 Å². The van der Waals surface area contributed by atoms with Gasteiger partial charge < -0.3 is 9.09 Å². The fourth-order valence-corrected chi connectivity index (χ4v) is 3.69. The molecule has 0 N–H and O–H groups in total. The lowest BCUT2D eigenvalue weighted by molar-refractivity contribution is 0.374. The van der Waals surface area contributed by atoms with Crippen molar-refractivity contribution in [3.05, 3.63) is 94.0 Å². The minimum atomic E-state index is 0.0430. The molecule has 2 heterocycles. The summed E-state index contributed by atoms with van der Waals surface area (Å²) in [5, 5.41) is 5.52. The summed E-state index contributed by atoms with van der Waals surface area (Å²) in [5.41, 5.74) is 4.89. The van der Waals surface area contributed by atoms with E-state index in [-0.39, 0.29) is 5.43 Å². The summed E-state index contributed by atoms with van der Waals surface area (Å²) in [4.78, 5) is 17.6. The molecule has 29 heavy (non-hydrogen) atoms. The fourth-order valence-electron chi connectivity index (χ4n) is 3.69. The van der Waals surface area contributed by atoms with Crippen molar-refractivity contribution in [2.75, 3.05) is 0 Å². The lowest BCUT2D eigenvalue weighted by Crippen LogP contribution is -2.12. The van der Waals surface area contributed by atoms with E-state index in [4.69, 9.17) is 4.52 Å². The van der Waals surface area contributed by atoms with Crippen molar-refractivity contribution in [3.63, 3.8) is 0 Å². The van der Waals surface area contributed by atoms with Crippen LogP contribution in [-0.2, 0) is 6.54 Å². The quantitative estimate of drug-likeness (QED) is 0.418. The minimum absolute atomic E-state index is 0.0430. The molecule has 0 aliphatic carbocycles. The Labute approximate surface area is 167 Å². The van der Waals surface area contributed by atoms with Gasteiger partial charge in [0.05, 0.1) is 11.0 Å². The second-order valence-corrected chi connectivity index (χ2v) is 7.33. The molecule has 0 atom stereocenters. The Kier molecular flexibility index (Phi) is 4.02. The van der Waals surface area contributed by atoms with E-state index >= 15 is 0 Å². The highest BCUT2D eigenvalue weighted by Crippen LogP contribution is 2.22. The summed E-state index contributed by atoms with van der Waals surface area (Å²) in [5.74, 6) is 1.06. The van der Waals surface area contributed by atoms with Gasteiger partial charge in [-0.05, 0) is 38.1 Å². The van der Waals surface area contributed by atoms with Crippen LogP contribution in [0.3, 0.4) is 0 Å². The Morgan fingerprint density at radius 1 is 0.862 bits per heavy atom. The van der Waals surface area contributed by atoms with Crippen molar-refractivity contribution < 1.29 is 4.52 Å². The van der Waals surface area contributed by atoms with Crippen LogP contribution in [0.2, 0.25) is 0 Å². The van der Waals surface area contributed by atoms with Gasteiger partial charge in [0.2, 0.25) is 11.7 Å². The average Bonchev–Trinajstić information content (AvgIpc) is 3.20. The maximum atomic E-state index is 13.0. The Hall–Kier alpha value is -3.73. The van der Waals surface area contributed by atoms with Crippen LogP contribution >= 0.6 is 0 Å². The van der Waals surface area contributed by atoms with E-state index < -0.39 is 0 Å². The molecule has 0 saturated heterocycles. The smallest absolute Gasteiger partial charge is 0.246 e. The predicted molar refractivity (Wildman–Crippen MR) is 114 cm³/mol. The van der Waals surface area contributed by atoms with Crippen molar-refractivity contribution in [1.82, 2.24) is 14.7 Å². The Balaban J connectivity index is 1.66. The molecule has 3 aromatic carbocycles. The zero-order valence-corrected chi connectivity index (χ0v) is 16.2. The number of hydrogen-bond donors (Lipinski definition) is 0. The number of benzene rings is 3. The molecule has 0 aliphatic rings. The highest BCUT2D eigenvalue weighted by molar-refractivity contribution is 5.93. The molecule has 0 saturated carbocycles. The largest absolute Gasteiger partial charge is 0.337 e. The molecule has 0 amide bonds. The van der Waals surface area contributed by atoms with Crippen LogP contribution in [-0.4, -0.2) is 14.7 Å². The van der Waals surface area contributed by atoms with Crippen LogP contribution < -0.4 is 5.43 Å². The van der Waals surface area contributed by atoms with Gasteiger partial charge >= 0.3 is 0 Å². The molecule has 2 aromatic heterocycles. The molecule has 5 rings (SSSR count). The van der Waals surface area contributed by atoms with Crippen molar-refractivity contribution in [3.8, 4) is 11.4 Å². The first-order valence-corrected chi connectivity index (χ1v) is 9.52. The molecule has 0 bridgehead atoms. The van der Waals surface area contributed by atoms with Gasteiger partial charge in [0, 0.05) is 16.3 Å². The predicted octanol–water partition coefficient (Wildman–Crippen LogP) is 4.87. The number of pyridine rings is 1. The number of hydrogen-bond acceptors (Lipinski definition) is 4. The molecule has 0 unspecified atom stereocenters. The molecular weight excluding hydrogens is 362 g/mol. The van der Waals surface area contributed by atoms with Gasteiger partial charge in [0.25, 0.3) is 0 Å². The van der Waals surface area contributed by atoms with Crippen LogP contribution in [0.25, 0.3) is 33.2 Å². The van der Waals surface area contributed by atoms with Crippen molar-refractivity contribution >= 4 is 21.8 Å². The molecule has 0 spiro atoms. The lowest BCUT2D eigenvalue weighted by atomic mass is 10.1. The molecule has 142 valence electrons. The van der Waals surface area contributed by atoms with Crippen LogP contribution in [0.1, 0.15) is 17.0 Å². The van der Waals surface area contributed by atoms with Crippen molar-refractivity contribution in [1.29, 1.82) is 0 Å². The van der Waals surface area contributed by atoms with Crippen LogP contribution in [0.15, 0.2) is 76.0 Å². The van der Waals surface area contributed by atoms with Gasteiger partial charge in [-0.15, -0.1) is 0 Å². The van der Waals surface area contributed by atoms with Crippen LogP contribution in [0, 0.1) is 13.8 Å². The zero-order chi connectivity index (χ0) is 20.0. The normalized spacial score (nSPS) is 11.4. The molecule has 0 radical (unpaired) electrons. The summed E-state index contributed by atoms with van der Waals surface area (Å²) < 4.78 is 7.61. The summed E-state index contributed by atoms with van der Waals surface area (Å²) in [7, 11) is 0. The Bertz CT molecular complexity index is 1410. The van der Waals surface area contributed by atoms with Gasteiger partial charge in [-0.3, -0.25) is 4.79 Å². The Morgan fingerprint density at radius 3 is 2.41 bits per heavy atom. The van der Waals surface area contributed by atoms with E-state index in [1.807, 2.05) is 80.6 Å². The highest BCUT2D eigenvalue weighted by Gasteiger charge is 2.14. The number of para-hydroxylation sites is 1. The minimum Gasteiger partial charge on any atom is -0.337 e. The first kappa shape index (κ1) is 17.4. The second kappa shape index (κ2) is 6.71. The van der Waals surface area contributed by atoms with Crippen molar-refractivity contribution in [2.45, 2.75) is 20.4 Å². The van der Waals surface area contributed by atoms with E-state index in [1.54, 1.807) is 0 Å². The summed E-state index contributed by atoms with van der Waals surface area (Å²) in [6, 6.07) is 21.6. The van der Waals surface area contributed by atoms with E-state index in [2.05, 4.69) is 14.7 Å². The van der Waals surface area contributed by atoms with Gasteiger partial charge in [-0.25, -0.2) is 0 Å². The lowest BCUT2D eigenvalue weighted by Gasteiger charge is -2.13. The topological polar surface area (TPSA) is 60.9 Å². The standard InChI is InChI=1S/C24H19N3O2/c1-15-7-10-17(11-8-15)24-25-22(29-26-24)14-27-20-6-4-3-5-18(20)23(28)19-13-16(2)9-12-21(19)27/h3-13H,14H2,1-2H3. The van der Waals surface area contributed by atoms with Gasteiger partial charge in [-0.2, -0.15) is 4.98 Å². The summed E-state index contributed by atoms with van der Waals surface area (Å²) in [6.45, 7) is 4.42. The third-order valence-electron chi connectivity index (χ3n) is 5.20. The van der Waals surface area contributed by atoms with Gasteiger partial charge in [0.15, 0.2) is 5.43 Å². The monoisotopic (exact) mass is 381 g/mol. The number of rotatable bonds is 3. The number of nitrogens with zero attached hydrogens (tertiary/aromatic N) is 3. The van der Waals surface area contributed by atoms with E-state index in [0.29, 0.717) is 29.0 Å². The Morgan fingerprint density at radius 2 is 1.59 bits per heavy atom. The number of aromatic nitrogens is 3. The average molecular weight is 381 g/mol. The zero-order valence-electron chi connectivity index (χ0n) is 16.2. The molecule has 5 nitrogen and oxygen atoms in total. The molecular formula is C24H19N3O2. The highest BCUT2D eigenvalue weighted by atomic mass is 16.5. The maximum Gasteiger partial charge on any atom is 0.246 e. The SMILES string of the molecule is Cc1ccc(-c2noc(Cn3c4ccccc4c(=O)c4cc(C)ccc43)n2)cc1. The molecule has 0 fully saturated rings. The van der Waals surface area contributed by atoms with Crippen LogP contribution in [0.4, 0.5) is 0 Å². The molecule has 0 aliphatic heterocycles. The first-order valence-electron chi connectivity index (χ1n) is 9.52. The third-order valence-corrected chi connectivity index (χ3v) is 5.20. The van der Waals surface area contributed by atoms with Crippen molar-refractivity contribution in [2.24, 2.45) is 0 Å². The van der Waals surface area contributed by atoms with E-state index in [0.717, 1.165) is 22.2 Å². The number of fused-ring (bicyclic) bond motifs is 2. The maximum absolute atomic E-state index is 13.0. The fraction of sp³-hybridized carbons (Fsp3) is 0.125. The first-order chi connectivity index (χ1) is 14.1. The second-order valence-electron chi connectivity index (χ2n) is 7.33. The summed E-state index contributed by atoms with van der Waals surface area (Å²) in [6.07, 6.45) is 0. The van der Waals surface area contributed by atoms with E-state index in [1.165, 1.54) is 5.56 Å². The summed E-state index contributed by atoms with van der Waals surface area (Å²) >= 11 is 0. The number of aryl methyl sites for hydroxylation is 2. The van der Waals surface area contributed by atoms with Gasteiger partial charge in [0.1, 0.15) is 6.54 Å². The third kappa shape index (κ3) is 3.01. The van der Waals surface area contributed by atoms with E-state index in [9.17, 15) is 4.79 Å². The molecule has 5 heteroatoms. The van der Waals surface area contributed by atoms with Gasteiger partial charge in [-0.1, -0.05) is 58.7 Å². The molecule has 5 aromatic rings.